The Balaban J connectivity index is 2.05. The van der Waals surface area contributed by atoms with Gasteiger partial charge in [-0.05, 0) is 35.9 Å². The van der Waals surface area contributed by atoms with Crippen LogP contribution in [0.15, 0.2) is 36.4 Å². The van der Waals surface area contributed by atoms with Gasteiger partial charge >= 0.3 is 0 Å². The van der Waals surface area contributed by atoms with E-state index in [9.17, 15) is 9.59 Å². The molecule has 2 aromatic carbocycles. The Morgan fingerprint density at radius 3 is 2.76 bits per heavy atom. The molecular formula is C16H13ClN2O2. The molecular weight excluding hydrogens is 288 g/mol. The molecule has 3 rings (SSSR count). The lowest BCUT2D eigenvalue weighted by Gasteiger charge is -2.11. The van der Waals surface area contributed by atoms with Crippen LogP contribution in [0.25, 0.3) is 0 Å². The van der Waals surface area contributed by atoms with E-state index in [1.54, 1.807) is 48.3 Å². The van der Waals surface area contributed by atoms with E-state index in [1.165, 1.54) is 0 Å². The number of carbonyl (C=O) groups excluding carboxylic acids is 2. The molecule has 2 N–H and O–H groups in total. The van der Waals surface area contributed by atoms with Crippen molar-refractivity contribution in [2.75, 3.05) is 17.7 Å². The van der Waals surface area contributed by atoms with Crippen molar-refractivity contribution < 1.29 is 9.59 Å². The molecule has 0 bridgehead atoms. The van der Waals surface area contributed by atoms with Crippen molar-refractivity contribution in [3.05, 3.63) is 58.1 Å². The van der Waals surface area contributed by atoms with Crippen LogP contribution in [0.4, 0.5) is 11.4 Å². The molecule has 0 saturated heterocycles. The van der Waals surface area contributed by atoms with Gasteiger partial charge in [-0.25, -0.2) is 0 Å². The normalized spacial score (nSPS) is 13.4. The summed E-state index contributed by atoms with van der Waals surface area (Å²) < 4.78 is 0. The Hall–Kier alpha value is -2.33. The molecule has 1 aliphatic heterocycles. The molecule has 0 aliphatic carbocycles. The van der Waals surface area contributed by atoms with Crippen LogP contribution in [-0.2, 0) is 11.2 Å². The van der Waals surface area contributed by atoms with Crippen LogP contribution in [0.5, 0.6) is 0 Å². The number of carbonyl (C=O) groups is 2. The number of hydrogen-bond donors (Lipinski definition) is 1. The van der Waals surface area contributed by atoms with Crippen LogP contribution in [0.1, 0.15) is 21.5 Å². The van der Waals surface area contributed by atoms with Gasteiger partial charge in [0.05, 0.1) is 17.0 Å². The smallest absolute Gasteiger partial charge is 0.231 e. The first kappa shape index (κ1) is 13.6. The molecule has 0 aromatic heterocycles. The molecule has 0 unspecified atom stereocenters. The van der Waals surface area contributed by atoms with Crippen molar-refractivity contribution >= 4 is 34.7 Å². The minimum Gasteiger partial charge on any atom is -0.398 e. The highest BCUT2D eigenvalue weighted by molar-refractivity contribution is 6.36. The van der Waals surface area contributed by atoms with E-state index in [0.717, 1.165) is 11.3 Å². The van der Waals surface area contributed by atoms with Crippen LogP contribution in [0, 0.1) is 0 Å². The van der Waals surface area contributed by atoms with Gasteiger partial charge in [-0.15, -0.1) is 0 Å². The van der Waals surface area contributed by atoms with Crippen LogP contribution in [-0.4, -0.2) is 18.7 Å². The standard InChI is InChI=1S/C16H13ClN2O2/c1-19-13-6-5-9(7-10(13)8-14(19)20)16(21)15-11(17)3-2-4-12(15)18/h2-7H,8,18H2,1H3. The maximum atomic E-state index is 12.6. The topological polar surface area (TPSA) is 63.4 Å². The number of rotatable bonds is 2. The Morgan fingerprint density at radius 2 is 2.05 bits per heavy atom. The highest BCUT2D eigenvalue weighted by atomic mass is 35.5. The first-order valence-corrected chi connectivity index (χ1v) is 6.85. The zero-order valence-corrected chi connectivity index (χ0v) is 12.1. The molecule has 0 atom stereocenters. The number of benzene rings is 2. The van der Waals surface area contributed by atoms with Gasteiger partial charge in [-0.3, -0.25) is 9.59 Å². The fraction of sp³-hybridized carbons (Fsp3) is 0.125. The summed E-state index contributed by atoms with van der Waals surface area (Å²) in [6.45, 7) is 0. The summed E-state index contributed by atoms with van der Waals surface area (Å²) in [5.41, 5.74) is 8.67. The van der Waals surface area contributed by atoms with E-state index in [4.69, 9.17) is 17.3 Å². The second-order valence-electron chi connectivity index (χ2n) is 5.01. The van der Waals surface area contributed by atoms with Crippen molar-refractivity contribution in [3.63, 3.8) is 0 Å². The van der Waals surface area contributed by atoms with E-state index in [0.29, 0.717) is 28.3 Å². The lowest BCUT2D eigenvalue weighted by Crippen LogP contribution is -2.20. The first-order chi connectivity index (χ1) is 9.99. The summed E-state index contributed by atoms with van der Waals surface area (Å²) in [7, 11) is 1.72. The summed E-state index contributed by atoms with van der Waals surface area (Å²) in [6, 6.07) is 10.2. The second kappa shape index (κ2) is 4.90. The molecule has 5 heteroatoms. The Bertz CT molecular complexity index is 751. The number of ketones is 1. The van der Waals surface area contributed by atoms with E-state index >= 15 is 0 Å². The summed E-state index contributed by atoms with van der Waals surface area (Å²) in [5, 5.41) is 0.327. The van der Waals surface area contributed by atoms with Gasteiger partial charge in [0, 0.05) is 24.0 Å². The molecule has 1 heterocycles. The monoisotopic (exact) mass is 300 g/mol. The predicted octanol–water partition coefficient (Wildman–Crippen LogP) is 2.67. The van der Waals surface area contributed by atoms with Crippen molar-refractivity contribution in [3.8, 4) is 0 Å². The number of likely N-dealkylation sites (N-methyl/N-ethyl adjacent to an activating group) is 1. The molecule has 106 valence electrons. The molecule has 0 radical (unpaired) electrons. The quantitative estimate of drug-likeness (QED) is 0.685. The zero-order valence-electron chi connectivity index (χ0n) is 11.4. The maximum Gasteiger partial charge on any atom is 0.231 e. The number of nitrogens with two attached hydrogens (primary N) is 1. The largest absolute Gasteiger partial charge is 0.398 e. The number of nitrogen functional groups attached to an aromatic ring is 1. The van der Waals surface area contributed by atoms with Gasteiger partial charge < -0.3 is 10.6 Å². The van der Waals surface area contributed by atoms with Gasteiger partial charge in [0.25, 0.3) is 0 Å². The third-order valence-electron chi connectivity index (χ3n) is 3.69. The van der Waals surface area contributed by atoms with Gasteiger partial charge in [0.1, 0.15) is 0 Å². The highest BCUT2D eigenvalue weighted by Gasteiger charge is 2.25. The Labute approximate surface area is 127 Å². The van der Waals surface area contributed by atoms with Crippen LogP contribution >= 0.6 is 11.6 Å². The molecule has 0 saturated carbocycles. The molecule has 21 heavy (non-hydrogen) atoms. The summed E-state index contributed by atoms with van der Waals surface area (Å²) in [6.07, 6.45) is 0.310. The SMILES string of the molecule is CN1C(=O)Cc2cc(C(=O)c3c(N)cccc3Cl)ccc21. The Kier molecular flexibility index (Phi) is 3.18. The summed E-state index contributed by atoms with van der Waals surface area (Å²) >= 11 is 6.07. The fourth-order valence-corrected chi connectivity index (χ4v) is 2.80. The van der Waals surface area contributed by atoms with E-state index < -0.39 is 0 Å². The van der Waals surface area contributed by atoms with Gasteiger partial charge in [0.2, 0.25) is 5.91 Å². The molecule has 0 fully saturated rings. The Morgan fingerprint density at radius 1 is 1.29 bits per heavy atom. The molecule has 1 aliphatic rings. The number of hydrogen-bond acceptors (Lipinski definition) is 3. The number of amides is 1. The lowest BCUT2D eigenvalue weighted by atomic mass is 9.99. The lowest BCUT2D eigenvalue weighted by molar-refractivity contribution is -0.117. The molecule has 4 nitrogen and oxygen atoms in total. The number of halogens is 1. The van der Waals surface area contributed by atoms with Gasteiger partial charge in [-0.1, -0.05) is 17.7 Å². The van der Waals surface area contributed by atoms with E-state index in [1.807, 2.05) is 0 Å². The van der Waals surface area contributed by atoms with E-state index in [-0.39, 0.29) is 11.7 Å². The van der Waals surface area contributed by atoms with Crippen molar-refractivity contribution in [1.29, 1.82) is 0 Å². The zero-order chi connectivity index (χ0) is 15.1. The van der Waals surface area contributed by atoms with Crippen molar-refractivity contribution in [1.82, 2.24) is 0 Å². The number of fused-ring (bicyclic) bond motifs is 1. The minimum atomic E-state index is -0.233. The maximum absolute atomic E-state index is 12.6. The molecule has 0 spiro atoms. The molecule has 1 amide bonds. The summed E-state index contributed by atoms with van der Waals surface area (Å²) in [4.78, 5) is 25.9. The average Bonchev–Trinajstić information content (AvgIpc) is 2.73. The fourth-order valence-electron chi connectivity index (χ4n) is 2.54. The average molecular weight is 301 g/mol. The highest BCUT2D eigenvalue weighted by Crippen LogP contribution is 2.31. The third-order valence-corrected chi connectivity index (χ3v) is 4.01. The van der Waals surface area contributed by atoms with Gasteiger partial charge in [0.15, 0.2) is 5.78 Å². The van der Waals surface area contributed by atoms with Crippen molar-refractivity contribution in [2.24, 2.45) is 0 Å². The van der Waals surface area contributed by atoms with Crippen LogP contribution < -0.4 is 10.6 Å². The second-order valence-corrected chi connectivity index (χ2v) is 5.41. The van der Waals surface area contributed by atoms with Gasteiger partial charge in [-0.2, -0.15) is 0 Å². The van der Waals surface area contributed by atoms with Crippen molar-refractivity contribution in [2.45, 2.75) is 6.42 Å². The molecule has 2 aromatic rings. The van der Waals surface area contributed by atoms with Crippen LogP contribution in [0.3, 0.4) is 0 Å². The van der Waals surface area contributed by atoms with E-state index in [2.05, 4.69) is 0 Å². The number of anilines is 2. The minimum absolute atomic E-state index is 0.0202. The third kappa shape index (κ3) is 2.17. The van der Waals surface area contributed by atoms with Crippen LogP contribution in [0.2, 0.25) is 5.02 Å². The predicted molar refractivity (Wildman–Crippen MR) is 82.9 cm³/mol. The first-order valence-electron chi connectivity index (χ1n) is 6.47. The number of nitrogens with zero attached hydrogens (tertiary/aromatic N) is 1. The summed E-state index contributed by atoms with van der Waals surface area (Å²) in [5.74, 6) is -0.213.